The Hall–Kier alpha value is 0.360. The number of hydrogen-bond acceptors (Lipinski definition) is 3. The molecule has 22 heavy (non-hydrogen) atoms. The normalized spacial score (nSPS) is 20.6. The van der Waals surface area contributed by atoms with E-state index in [9.17, 15) is 0 Å². The summed E-state index contributed by atoms with van der Waals surface area (Å²) in [5, 5.41) is 1.16. The van der Waals surface area contributed by atoms with Crippen molar-refractivity contribution in [1.82, 2.24) is 0 Å². The molecule has 3 nitrogen and oxygen atoms in total. The summed E-state index contributed by atoms with van der Waals surface area (Å²) < 4.78 is 16.9. The molecule has 0 radical (unpaired) electrons. The molecule has 1 rings (SSSR count). The van der Waals surface area contributed by atoms with Crippen molar-refractivity contribution in [3.05, 3.63) is 0 Å². The van der Waals surface area contributed by atoms with Crippen molar-refractivity contribution in [2.24, 2.45) is 0 Å². The maximum atomic E-state index is 5.71. The molecule has 0 aromatic rings. The molecule has 1 atom stereocenters. The van der Waals surface area contributed by atoms with E-state index in [2.05, 4.69) is 15.9 Å². The Morgan fingerprint density at radius 1 is 0.909 bits per heavy atom. The average Bonchev–Trinajstić information content (AvgIpc) is 2.83. The van der Waals surface area contributed by atoms with E-state index in [1.165, 1.54) is 64.2 Å². The number of halogens is 1. The molecular weight excluding hydrogens is 344 g/mol. The highest BCUT2D eigenvalue weighted by molar-refractivity contribution is 9.09. The predicted molar refractivity (Wildman–Crippen MR) is 95.7 cm³/mol. The topological polar surface area (TPSA) is 27.7 Å². The molecule has 0 aromatic carbocycles. The highest BCUT2D eigenvalue weighted by Crippen LogP contribution is 2.22. The van der Waals surface area contributed by atoms with Crippen LogP contribution in [-0.2, 0) is 14.2 Å². The summed E-state index contributed by atoms with van der Waals surface area (Å²) >= 11 is 3.48. The first kappa shape index (κ1) is 20.4. The lowest BCUT2D eigenvalue weighted by molar-refractivity contribution is -0.145. The molecule has 0 spiro atoms. The summed E-state index contributed by atoms with van der Waals surface area (Å²) in [4.78, 5) is 0. The zero-order chi connectivity index (χ0) is 16.1. The monoisotopic (exact) mass is 378 g/mol. The molecule has 1 fully saturated rings. The average molecular weight is 379 g/mol. The van der Waals surface area contributed by atoms with Crippen molar-refractivity contribution in [3.63, 3.8) is 0 Å². The minimum absolute atomic E-state index is 0.111. The van der Waals surface area contributed by atoms with Gasteiger partial charge in [-0.1, -0.05) is 67.3 Å². The van der Waals surface area contributed by atoms with Gasteiger partial charge in [0.1, 0.15) is 6.10 Å². The van der Waals surface area contributed by atoms with Crippen LogP contribution in [0.4, 0.5) is 0 Å². The lowest BCUT2D eigenvalue weighted by Crippen LogP contribution is -2.24. The van der Waals surface area contributed by atoms with E-state index in [1.54, 1.807) is 0 Å². The van der Waals surface area contributed by atoms with Gasteiger partial charge in [-0.25, -0.2) is 0 Å². The van der Waals surface area contributed by atoms with Crippen molar-refractivity contribution in [1.29, 1.82) is 0 Å². The Morgan fingerprint density at radius 2 is 1.45 bits per heavy atom. The van der Waals surface area contributed by atoms with Crippen molar-refractivity contribution in [2.75, 3.05) is 25.2 Å². The molecule has 0 N–H and O–H groups in total. The number of hydrogen-bond donors (Lipinski definition) is 0. The molecular formula is C18H35BrO3. The van der Waals surface area contributed by atoms with Gasteiger partial charge >= 0.3 is 0 Å². The quantitative estimate of drug-likeness (QED) is 0.297. The van der Waals surface area contributed by atoms with E-state index in [1.807, 2.05) is 13.8 Å². The van der Waals surface area contributed by atoms with Crippen molar-refractivity contribution in [3.8, 4) is 0 Å². The summed E-state index contributed by atoms with van der Waals surface area (Å²) in [7, 11) is 0. The second-order valence-electron chi connectivity index (χ2n) is 6.75. The largest absolute Gasteiger partial charge is 0.379 e. The van der Waals surface area contributed by atoms with E-state index in [-0.39, 0.29) is 6.10 Å². The SMILES string of the molecule is CC1(C)OCC(COCCCCCCCCCCCCBr)O1. The Balaban J connectivity index is 1.73. The maximum absolute atomic E-state index is 5.71. The molecule has 0 aliphatic carbocycles. The third-order valence-electron chi connectivity index (χ3n) is 4.04. The molecule has 1 aliphatic heterocycles. The third kappa shape index (κ3) is 11.0. The number of alkyl halides is 1. The summed E-state index contributed by atoms with van der Waals surface area (Å²) in [6.07, 6.45) is 13.6. The van der Waals surface area contributed by atoms with Gasteiger partial charge in [0.2, 0.25) is 0 Å². The van der Waals surface area contributed by atoms with Crippen LogP contribution in [0.3, 0.4) is 0 Å². The van der Waals surface area contributed by atoms with Crippen molar-refractivity contribution >= 4 is 15.9 Å². The number of ether oxygens (including phenoxy) is 3. The van der Waals surface area contributed by atoms with Crippen molar-refractivity contribution < 1.29 is 14.2 Å². The molecule has 0 saturated carbocycles. The van der Waals surface area contributed by atoms with Gasteiger partial charge in [-0.05, 0) is 26.7 Å². The van der Waals surface area contributed by atoms with Crippen molar-refractivity contribution in [2.45, 2.75) is 89.9 Å². The molecule has 1 aliphatic rings. The molecule has 0 aromatic heterocycles. The summed E-state index contributed by atoms with van der Waals surface area (Å²) in [5.74, 6) is -0.428. The van der Waals surface area contributed by atoms with Crippen LogP contribution in [0, 0.1) is 0 Å². The van der Waals surface area contributed by atoms with Gasteiger partial charge in [0.05, 0.1) is 13.2 Å². The van der Waals surface area contributed by atoms with Gasteiger partial charge in [0.15, 0.2) is 5.79 Å². The van der Waals surface area contributed by atoms with Gasteiger partial charge in [-0.2, -0.15) is 0 Å². The van der Waals surface area contributed by atoms with Crippen LogP contribution in [0.25, 0.3) is 0 Å². The van der Waals surface area contributed by atoms with Gasteiger partial charge in [0.25, 0.3) is 0 Å². The van der Waals surface area contributed by atoms with Gasteiger partial charge in [-0.15, -0.1) is 0 Å². The zero-order valence-corrected chi connectivity index (χ0v) is 16.2. The molecule has 4 heteroatoms. The fraction of sp³-hybridized carbons (Fsp3) is 1.00. The van der Waals surface area contributed by atoms with Crippen LogP contribution in [0.1, 0.15) is 78.1 Å². The highest BCUT2D eigenvalue weighted by Gasteiger charge is 2.32. The molecule has 0 bridgehead atoms. The van der Waals surface area contributed by atoms with Gasteiger partial charge < -0.3 is 14.2 Å². The first-order valence-corrected chi connectivity index (χ1v) is 10.2. The predicted octanol–water partition coefficient (Wildman–Crippen LogP) is 5.45. The first-order chi connectivity index (χ1) is 10.6. The molecule has 132 valence electrons. The van der Waals surface area contributed by atoms with E-state index in [0.29, 0.717) is 13.2 Å². The molecule has 0 amide bonds. The van der Waals surface area contributed by atoms with Crippen LogP contribution < -0.4 is 0 Å². The zero-order valence-electron chi connectivity index (χ0n) is 14.6. The summed E-state index contributed by atoms with van der Waals surface area (Å²) in [6, 6.07) is 0. The summed E-state index contributed by atoms with van der Waals surface area (Å²) in [6.45, 7) is 6.08. The first-order valence-electron chi connectivity index (χ1n) is 9.09. The van der Waals surface area contributed by atoms with Gasteiger partial charge in [0, 0.05) is 11.9 Å². The Morgan fingerprint density at radius 3 is 1.95 bits per heavy atom. The standard InChI is InChI=1S/C18H35BrO3/c1-18(2)21-16-17(22-18)15-20-14-12-10-8-6-4-3-5-7-9-11-13-19/h17H,3-16H2,1-2H3. The maximum Gasteiger partial charge on any atom is 0.163 e. The van der Waals surface area contributed by atoms with E-state index < -0.39 is 5.79 Å². The van der Waals surface area contributed by atoms with E-state index in [0.717, 1.165) is 11.9 Å². The second-order valence-corrected chi connectivity index (χ2v) is 7.54. The van der Waals surface area contributed by atoms with Crippen LogP contribution in [0.2, 0.25) is 0 Å². The van der Waals surface area contributed by atoms with E-state index in [4.69, 9.17) is 14.2 Å². The highest BCUT2D eigenvalue weighted by atomic mass is 79.9. The minimum Gasteiger partial charge on any atom is -0.379 e. The van der Waals surface area contributed by atoms with Crippen LogP contribution in [0.15, 0.2) is 0 Å². The minimum atomic E-state index is -0.428. The lowest BCUT2D eigenvalue weighted by Gasteiger charge is -2.17. The van der Waals surface area contributed by atoms with E-state index >= 15 is 0 Å². The Kier molecular flexibility index (Phi) is 11.8. The third-order valence-corrected chi connectivity index (χ3v) is 4.60. The number of rotatable bonds is 14. The molecule has 1 heterocycles. The lowest BCUT2D eigenvalue weighted by atomic mass is 10.1. The second kappa shape index (κ2) is 12.7. The van der Waals surface area contributed by atoms with Crippen LogP contribution >= 0.6 is 15.9 Å². The molecule has 1 saturated heterocycles. The Bertz CT molecular complexity index is 259. The summed E-state index contributed by atoms with van der Waals surface area (Å²) in [5.41, 5.74) is 0. The number of unbranched alkanes of at least 4 members (excludes halogenated alkanes) is 9. The van der Waals surface area contributed by atoms with Crippen LogP contribution in [-0.4, -0.2) is 37.0 Å². The van der Waals surface area contributed by atoms with Gasteiger partial charge in [-0.3, -0.25) is 0 Å². The smallest absolute Gasteiger partial charge is 0.163 e. The Labute approximate surface area is 145 Å². The molecule has 1 unspecified atom stereocenters. The fourth-order valence-corrected chi connectivity index (χ4v) is 3.17. The van der Waals surface area contributed by atoms with Crippen LogP contribution in [0.5, 0.6) is 0 Å². The fourth-order valence-electron chi connectivity index (χ4n) is 2.77.